The highest BCUT2D eigenvalue weighted by atomic mass is 19.4. The molecule has 2 rings (SSSR count). The summed E-state index contributed by atoms with van der Waals surface area (Å²) in [6.07, 6.45) is -4.80. The van der Waals surface area contributed by atoms with Crippen LogP contribution in [-0.4, -0.2) is 42.1 Å². The van der Waals surface area contributed by atoms with Crippen LogP contribution < -0.4 is 5.32 Å². The lowest BCUT2D eigenvalue weighted by Gasteiger charge is -2.29. The van der Waals surface area contributed by atoms with E-state index < -0.39 is 17.8 Å². The predicted octanol–water partition coefficient (Wildman–Crippen LogP) is 1.15. The maximum Gasteiger partial charge on any atom is 0.544 e. The Balaban J connectivity index is 2.28. The number of nitrogens with one attached hydrogen (secondary N) is 1. The molecule has 2 N–H and O–H groups in total. The smallest absolute Gasteiger partial charge is 0.395 e. The van der Waals surface area contributed by atoms with E-state index >= 15 is 0 Å². The largest absolute Gasteiger partial charge is 0.544 e. The summed E-state index contributed by atoms with van der Waals surface area (Å²) in [5.74, 6) is -0.820. The first-order valence-corrected chi connectivity index (χ1v) is 6.38. The number of rotatable bonds is 5. The molecule has 1 amide bonds. The molecular formula is C13H15F3N2O3. The molecule has 1 aromatic carbocycles. The molecule has 1 atom stereocenters. The van der Waals surface area contributed by atoms with Crippen LogP contribution in [0.15, 0.2) is 30.3 Å². The Morgan fingerprint density at radius 1 is 1.33 bits per heavy atom. The molecule has 0 saturated carbocycles. The quantitative estimate of drug-likeness (QED) is 0.856. The Labute approximate surface area is 119 Å². The van der Waals surface area contributed by atoms with Crippen molar-refractivity contribution in [3.05, 3.63) is 35.9 Å². The topological polar surface area (TPSA) is 61.8 Å². The fourth-order valence-electron chi connectivity index (χ4n) is 2.43. The number of hydrogen-bond donors (Lipinski definition) is 2. The molecule has 8 heteroatoms. The Morgan fingerprint density at radius 2 is 2.00 bits per heavy atom. The molecule has 0 bridgehead atoms. The van der Waals surface area contributed by atoms with Crippen molar-refractivity contribution in [3.8, 4) is 0 Å². The van der Waals surface area contributed by atoms with Crippen LogP contribution in [-0.2, 0) is 15.2 Å². The van der Waals surface area contributed by atoms with Gasteiger partial charge in [0.25, 0.3) is 5.91 Å². The fourth-order valence-corrected chi connectivity index (χ4v) is 2.43. The molecule has 116 valence electrons. The van der Waals surface area contributed by atoms with Gasteiger partial charge in [-0.1, -0.05) is 30.3 Å². The van der Waals surface area contributed by atoms with Gasteiger partial charge >= 0.3 is 6.36 Å². The van der Waals surface area contributed by atoms with Crippen molar-refractivity contribution >= 4 is 5.91 Å². The van der Waals surface area contributed by atoms with Gasteiger partial charge in [0, 0.05) is 6.54 Å². The minimum Gasteiger partial charge on any atom is -0.395 e. The van der Waals surface area contributed by atoms with Gasteiger partial charge in [-0.3, -0.25) is 10.1 Å². The van der Waals surface area contributed by atoms with Gasteiger partial charge < -0.3 is 5.11 Å². The molecular weight excluding hydrogens is 289 g/mol. The fraction of sp³-hybridized carbons (Fsp3) is 0.462. The zero-order chi connectivity index (χ0) is 15.5. The molecule has 5 nitrogen and oxygen atoms in total. The van der Waals surface area contributed by atoms with E-state index in [1.807, 2.05) is 0 Å². The van der Waals surface area contributed by atoms with Crippen LogP contribution in [0.4, 0.5) is 13.2 Å². The van der Waals surface area contributed by atoms with E-state index in [0.29, 0.717) is 10.6 Å². The second-order valence-corrected chi connectivity index (χ2v) is 4.62. The summed E-state index contributed by atoms with van der Waals surface area (Å²) in [5, 5.41) is 12.1. The molecule has 1 unspecified atom stereocenters. The summed E-state index contributed by atoms with van der Waals surface area (Å²) in [4.78, 5) is 16.1. The monoisotopic (exact) mass is 304 g/mol. The van der Waals surface area contributed by atoms with Gasteiger partial charge in [0.1, 0.15) is 5.54 Å². The number of aliphatic hydroxyl groups excluding tert-OH is 1. The summed E-state index contributed by atoms with van der Waals surface area (Å²) >= 11 is 0. The number of hydrogen-bond acceptors (Lipinski definition) is 4. The highest BCUT2D eigenvalue weighted by Gasteiger charge is 2.51. The van der Waals surface area contributed by atoms with Gasteiger partial charge in [-0.25, -0.2) is 5.06 Å². The summed E-state index contributed by atoms with van der Waals surface area (Å²) in [7, 11) is 0. The van der Waals surface area contributed by atoms with E-state index in [9.17, 15) is 18.0 Å². The highest BCUT2D eigenvalue weighted by molar-refractivity contribution is 5.89. The summed E-state index contributed by atoms with van der Waals surface area (Å²) in [6.45, 7) is -0.339. The van der Waals surface area contributed by atoms with E-state index in [0.717, 1.165) is 0 Å². The van der Waals surface area contributed by atoms with Gasteiger partial charge in [0.2, 0.25) is 0 Å². The van der Waals surface area contributed by atoms with Crippen molar-refractivity contribution in [1.82, 2.24) is 10.4 Å². The number of halogens is 3. The summed E-state index contributed by atoms with van der Waals surface area (Å²) < 4.78 is 36.9. The number of hydroxylamine groups is 2. The van der Waals surface area contributed by atoms with Gasteiger partial charge in [-0.15, -0.1) is 13.2 Å². The zero-order valence-electron chi connectivity index (χ0n) is 11.1. The van der Waals surface area contributed by atoms with Crippen LogP contribution in [0.5, 0.6) is 0 Å². The van der Waals surface area contributed by atoms with Gasteiger partial charge in [-0.05, 0) is 12.0 Å². The summed E-state index contributed by atoms with van der Waals surface area (Å²) in [6, 6.07) is 8.43. The molecule has 1 heterocycles. The molecule has 0 aromatic heterocycles. The Kier molecular flexibility index (Phi) is 4.50. The number of carbonyl (C=O) groups excluding carboxylic acids is 1. The minimum absolute atomic E-state index is 0.0838. The molecule has 0 radical (unpaired) electrons. The zero-order valence-corrected chi connectivity index (χ0v) is 11.1. The van der Waals surface area contributed by atoms with Crippen molar-refractivity contribution in [2.75, 3.05) is 19.7 Å². The van der Waals surface area contributed by atoms with Crippen LogP contribution in [0.25, 0.3) is 0 Å². The van der Waals surface area contributed by atoms with E-state index in [1.165, 1.54) is 0 Å². The van der Waals surface area contributed by atoms with E-state index in [4.69, 9.17) is 5.11 Å². The number of benzene rings is 1. The Morgan fingerprint density at radius 3 is 2.57 bits per heavy atom. The average molecular weight is 304 g/mol. The van der Waals surface area contributed by atoms with Gasteiger partial charge in [0.15, 0.2) is 0 Å². The van der Waals surface area contributed by atoms with Crippen LogP contribution >= 0.6 is 0 Å². The maximum atomic E-state index is 12.4. The number of alkyl halides is 3. The molecule has 1 aliphatic rings. The lowest BCUT2D eigenvalue weighted by molar-refractivity contribution is -0.399. The third kappa shape index (κ3) is 3.34. The number of amides is 1. The standard InChI is InChI=1S/C13H15F3N2O3/c14-13(15,16)21-18-8-6-12(11(18)20,17-7-9-19)10-4-2-1-3-5-10/h1-5,17,19H,6-9H2. The van der Waals surface area contributed by atoms with Crippen molar-refractivity contribution in [3.63, 3.8) is 0 Å². The summed E-state index contributed by atoms with van der Waals surface area (Å²) in [5.41, 5.74) is -0.772. The lowest BCUT2D eigenvalue weighted by atomic mass is 9.88. The highest BCUT2D eigenvalue weighted by Crippen LogP contribution is 2.35. The van der Waals surface area contributed by atoms with Crippen LogP contribution in [0.1, 0.15) is 12.0 Å². The van der Waals surface area contributed by atoms with Gasteiger partial charge in [0.05, 0.1) is 13.2 Å². The number of carbonyl (C=O) groups is 1. The normalized spacial score (nSPS) is 22.9. The number of aliphatic hydroxyl groups is 1. The Bertz CT molecular complexity index is 495. The molecule has 0 aliphatic carbocycles. The predicted molar refractivity (Wildman–Crippen MR) is 66.7 cm³/mol. The second-order valence-electron chi connectivity index (χ2n) is 4.62. The van der Waals surface area contributed by atoms with Crippen molar-refractivity contribution in [1.29, 1.82) is 0 Å². The first-order chi connectivity index (χ1) is 9.89. The molecule has 1 saturated heterocycles. The first kappa shape index (κ1) is 15.7. The SMILES string of the molecule is O=C1N(OC(F)(F)F)CCC1(NCCO)c1ccccc1. The first-order valence-electron chi connectivity index (χ1n) is 6.38. The van der Waals surface area contributed by atoms with Crippen LogP contribution in [0, 0.1) is 0 Å². The average Bonchev–Trinajstić information content (AvgIpc) is 2.74. The minimum atomic E-state index is -4.92. The second kappa shape index (κ2) is 6.00. The molecule has 21 heavy (non-hydrogen) atoms. The van der Waals surface area contributed by atoms with Crippen LogP contribution in [0.3, 0.4) is 0 Å². The third-order valence-corrected chi connectivity index (χ3v) is 3.30. The van der Waals surface area contributed by atoms with Crippen molar-refractivity contribution in [2.24, 2.45) is 0 Å². The van der Waals surface area contributed by atoms with Crippen molar-refractivity contribution < 1.29 is 27.9 Å². The van der Waals surface area contributed by atoms with E-state index in [2.05, 4.69) is 10.2 Å². The molecule has 1 fully saturated rings. The lowest BCUT2D eigenvalue weighted by Crippen LogP contribution is -2.50. The van der Waals surface area contributed by atoms with Crippen LogP contribution in [0.2, 0.25) is 0 Å². The third-order valence-electron chi connectivity index (χ3n) is 3.30. The van der Waals surface area contributed by atoms with E-state index in [1.54, 1.807) is 30.3 Å². The molecule has 1 aliphatic heterocycles. The maximum absolute atomic E-state index is 12.4. The van der Waals surface area contributed by atoms with E-state index in [-0.39, 0.29) is 26.1 Å². The van der Waals surface area contributed by atoms with Gasteiger partial charge in [-0.2, -0.15) is 4.84 Å². The Hall–Kier alpha value is -1.64. The molecule has 0 spiro atoms. The number of nitrogens with zero attached hydrogens (tertiary/aromatic N) is 1. The molecule has 1 aromatic rings. The van der Waals surface area contributed by atoms with Crippen molar-refractivity contribution in [2.45, 2.75) is 18.3 Å².